The minimum Gasteiger partial charge on any atom is -0.493 e. The molecule has 4 heteroatoms. The number of hydrogen-bond donors (Lipinski definition) is 0. The Kier molecular flexibility index (Phi) is 1.92. The molecule has 2 spiro atoms. The van der Waals surface area contributed by atoms with Crippen LogP contribution in [0.4, 0.5) is 0 Å². The molecule has 1 aromatic rings. The van der Waals surface area contributed by atoms with Gasteiger partial charge in [0.05, 0.1) is 24.2 Å². The first-order valence-electron chi connectivity index (χ1n) is 8.46. The van der Waals surface area contributed by atoms with Gasteiger partial charge in [-0.1, -0.05) is 6.07 Å². The van der Waals surface area contributed by atoms with Gasteiger partial charge in [0.15, 0.2) is 11.5 Å². The molecular formula is C18H21NO3. The minimum absolute atomic E-state index is 0.0278. The first kappa shape index (κ1) is 12.2. The molecule has 5 atom stereocenters. The van der Waals surface area contributed by atoms with Crippen LogP contribution < -0.4 is 9.47 Å². The van der Waals surface area contributed by atoms with E-state index in [-0.39, 0.29) is 23.2 Å². The van der Waals surface area contributed by atoms with Crippen LogP contribution in [0.15, 0.2) is 12.1 Å². The van der Waals surface area contributed by atoms with Crippen LogP contribution in [0, 0.1) is 0 Å². The van der Waals surface area contributed by atoms with Crippen molar-refractivity contribution in [3.05, 3.63) is 23.3 Å². The molecule has 116 valence electrons. The van der Waals surface area contributed by atoms with E-state index in [4.69, 9.17) is 14.2 Å². The van der Waals surface area contributed by atoms with Gasteiger partial charge in [0.25, 0.3) is 0 Å². The van der Waals surface area contributed by atoms with Gasteiger partial charge in [-0.2, -0.15) is 0 Å². The van der Waals surface area contributed by atoms with Crippen molar-refractivity contribution in [1.82, 2.24) is 4.90 Å². The second kappa shape index (κ2) is 3.46. The van der Waals surface area contributed by atoms with Crippen molar-refractivity contribution in [2.24, 2.45) is 0 Å². The third-order valence-corrected chi connectivity index (χ3v) is 7.20. The lowest BCUT2D eigenvalue weighted by atomic mass is 9.51. The maximum atomic E-state index is 6.67. The topological polar surface area (TPSA) is 30.9 Å². The molecule has 1 aromatic carbocycles. The maximum Gasteiger partial charge on any atom is 0.166 e. The molecule has 2 unspecified atom stereocenters. The molecule has 5 aliphatic rings. The average molecular weight is 299 g/mol. The lowest BCUT2D eigenvalue weighted by Crippen LogP contribution is -2.70. The van der Waals surface area contributed by atoms with Gasteiger partial charge >= 0.3 is 0 Å². The van der Waals surface area contributed by atoms with E-state index in [1.165, 1.54) is 17.5 Å². The summed E-state index contributed by atoms with van der Waals surface area (Å²) in [5.74, 6) is 1.92. The molecule has 0 aromatic heterocycles. The predicted molar refractivity (Wildman–Crippen MR) is 80.7 cm³/mol. The zero-order valence-electron chi connectivity index (χ0n) is 13.1. The quantitative estimate of drug-likeness (QED) is 0.792. The van der Waals surface area contributed by atoms with Gasteiger partial charge in [-0.3, -0.25) is 0 Å². The average Bonchev–Trinajstić information content (AvgIpc) is 3.16. The Morgan fingerprint density at radius 2 is 2.23 bits per heavy atom. The van der Waals surface area contributed by atoms with Crippen LogP contribution in [0.5, 0.6) is 11.5 Å². The van der Waals surface area contributed by atoms with Gasteiger partial charge in [-0.25, -0.2) is 0 Å². The molecular weight excluding hydrogens is 278 g/mol. The zero-order valence-corrected chi connectivity index (χ0v) is 13.1. The largest absolute Gasteiger partial charge is 0.493 e. The van der Waals surface area contributed by atoms with Crippen LogP contribution in [0.1, 0.15) is 30.4 Å². The minimum atomic E-state index is -0.0278. The van der Waals surface area contributed by atoms with Crippen LogP contribution in [0.25, 0.3) is 0 Å². The maximum absolute atomic E-state index is 6.67. The summed E-state index contributed by atoms with van der Waals surface area (Å²) in [6.45, 7) is 1.14. The van der Waals surface area contributed by atoms with Crippen molar-refractivity contribution in [3.63, 3.8) is 0 Å². The van der Waals surface area contributed by atoms with Crippen LogP contribution >= 0.6 is 0 Å². The molecule has 0 saturated carbocycles. The van der Waals surface area contributed by atoms with Crippen LogP contribution in [-0.4, -0.2) is 49.5 Å². The molecule has 4 heterocycles. The van der Waals surface area contributed by atoms with Crippen molar-refractivity contribution < 1.29 is 14.2 Å². The molecule has 0 radical (unpaired) electrons. The number of hydrogen-bond acceptors (Lipinski definition) is 4. The van der Waals surface area contributed by atoms with E-state index in [2.05, 4.69) is 24.1 Å². The van der Waals surface area contributed by atoms with E-state index in [9.17, 15) is 0 Å². The van der Waals surface area contributed by atoms with E-state index in [0.717, 1.165) is 37.3 Å². The lowest BCUT2D eigenvalue weighted by molar-refractivity contribution is -0.115. The molecule has 3 saturated heterocycles. The predicted octanol–water partition coefficient (Wildman–Crippen LogP) is 1.89. The molecule has 0 N–H and O–H groups in total. The van der Waals surface area contributed by atoms with Crippen molar-refractivity contribution in [2.75, 3.05) is 20.7 Å². The second-order valence-electron chi connectivity index (χ2n) is 7.68. The summed E-state index contributed by atoms with van der Waals surface area (Å²) >= 11 is 0. The Morgan fingerprint density at radius 3 is 3.09 bits per heavy atom. The summed E-state index contributed by atoms with van der Waals surface area (Å²) in [4.78, 5) is 2.53. The number of piperidine rings is 1. The number of nitrogens with zero attached hydrogens (tertiary/aromatic N) is 1. The molecule has 4 bridgehead atoms. The first-order valence-corrected chi connectivity index (χ1v) is 8.46. The Morgan fingerprint density at radius 1 is 1.32 bits per heavy atom. The van der Waals surface area contributed by atoms with Crippen molar-refractivity contribution in [2.45, 2.75) is 54.9 Å². The van der Waals surface area contributed by atoms with E-state index >= 15 is 0 Å². The number of ether oxygens (including phenoxy) is 3. The summed E-state index contributed by atoms with van der Waals surface area (Å²) in [6, 6.07) is 4.84. The number of rotatable bonds is 1. The molecule has 6 rings (SSSR count). The number of fused-ring (bicyclic) bond motifs is 2. The first-order chi connectivity index (χ1) is 10.7. The van der Waals surface area contributed by atoms with Crippen LogP contribution in [0.3, 0.4) is 0 Å². The van der Waals surface area contributed by atoms with Gasteiger partial charge in [0, 0.05) is 11.6 Å². The standard InChI is InChI=1S/C18H21NO3/c1-19-8-7-17-14-10-3-4-11(20-2)15(14)21-16(17)12-5-6-18(17,22-12)13(19)9-10/h3-4,12-13,16H,5-9H2,1-2H3/t12-,13?,16?,17+,18-/m0/s1. The normalized spacial score (nSPS) is 46.5. The highest BCUT2D eigenvalue weighted by Crippen LogP contribution is 2.71. The van der Waals surface area contributed by atoms with Gasteiger partial charge in [0.1, 0.15) is 6.10 Å². The molecule has 1 aliphatic carbocycles. The molecule has 4 aliphatic heterocycles. The fourth-order valence-electron chi connectivity index (χ4n) is 6.46. The Bertz CT molecular complexity index is 704. The zero-order chi connectivity index (χ0) is 14.7. The highest BCUT2D eigenvalue weighted by Gasteiger charge is 2.79. The smallest absolute Gasteiger partial charge is 0.166 e. The third kappa shape index (κ3) is 0.976. The Hall–Kier alpha value is -1.26. The van der Waals surface area contributed by atoms with Gasteiger partial charge in [0.2, 0.25) is 0 Å². The van der Waals surface area contributed by atoms with Crippen molar-refractivity contribution in [1.29, 1.82) is 0 Å². The monoisotopic (exact) mass is 299 g/mol. The van der Waals surface area contributed by atoms with E-state index in [1.807, 2.05) is 0 Å². The van der Waals surface area contributed by atoms with Gasteiger partial charge in [-0.15, -0.1) is 0 Å². The van der Waals surface area contributed by atoms with E-state index in [1.54, 1.807) is 7.11 Å². The molecule has 22 heavy (non-hydrogen) atoms. The molecule has 0 amide bonds. The molecule has 4 nitrogen and oxygen atoms in total. The van der Waals surface area contributed by atoms with Crippen LogP contribution in [-0.2, 0) is 16.6 Å². The summed E-state index contributed by atoms with van der Waals surface area (Å²) in [5, 5.41) is 0. The van der Waals surface area contributed by atoms with E-state index < -0.39 is 0 Å². The summed E-state index contributed by atoms with van der Waals surface area (Å²) in [6.07, 6.45) is 5.01. The number of benzene rings is 1. The number of methoxy groups -OCH3 is 1. The summed E-state index contributed by atoms with van der Waals surface area (Å²) < 4.78 is 18.8. The highest BCUT2D eigenvalue weighted by molar-refractivity contribution is 5.64. The lowest BCUT2D eigenvalue weighted by Gasteiger charge is -2.58. The van der Waals surface area contributed by atoms with E-state index in [0.29, 0.717) is 6.04 Å². The van der Waals surface area contributed by atoms with Crippen molar-refractivity contribution in [3.8, 4) is 11.5 Å². The third-order valence-electron chi connectivity index (χ3n) is 7.20. The second-order valence-corrected chi connectivity index (χ2v) is 7.68. The van der Waals surface area contributed by atoms with Gasteiger partial charge in [-0.05, 0) is 50.9 Å². The Balaban J connectivity index is 1.71. The van der Waals surface area contributed by atoms with Crippen LogP contribution in [0.2, 0.25) is 0 Å². The fourth-order valence-corrected chi connectivity index (χ4v) is 6.46. The molecule has 3 fully saturated rings. The number of likely N-dealkylation sites (N-methyl/N-ethyl adjacent to an activating group) is 1. The van der Waals surface area contributed by atoms with Crippen molar-refractivity contribution >= 4 is 0 Å². The summed E-state index contributed by atoms with van der Waals surface area (Å²) in [7, 11) is 4.01. The summed E-state index contributed by atoms with van der Waals surface area (Å²) in [5.41, 5.74) is 2.94. The SMILES string of the molecule is COc1ccc2c3c1OC1[C@@H]4CC[C@]5(O4)C(C2)N(C)CC[C@@]315. The van der Waals surface area contributed by atoms with Gasteiger partial charge < -0.3 is 19.1 Å². The fraction of sp³-hybridized carbons (Fsp3) is 0.667. The Labute approximate surface area is 130 Å². The number of likely N-dealkylation sites (tertiary alicyclic amines) is 1. The highest BCUT2D eigenvalue weighted by atomic mass is 16.6.